The van der Waals surface area contributed by atoms with Gasteiger partial charge in [-0.3, -0.25) is 4.79 Å². The van der Waals surface area contributed by atoms with E-state index in [9.17, 15) is 4.79 Å². The molecule has 0 radical (unpaired) electrons. The van der Waals surface area contributed by atoms with Crippen molar-refractivity contribution in [2.24, 2.45) is 0 Å². The number of carbonyl (C=O) groups excluding carboxylic acids is 1. The molecule has 2 aromatic heterocycles. The summed E-state index contributed by atoms with van der Waals surface area (Å²) in [5.41, 5.74) is 0. The van der Waals surface area contributed by atoms with Gasteiger partial charge >= 0.3 is 0 Å². The second kappa shape index (κ2) is 7.62. The lowest BCUT2D eigenvalue weighted by atomic mass is 10.3. The van der Waals surface area contributed by atoms with E-state index in [1.54, 1.807) is 17.6 Å². The van der Waals surface area contributed by atoms with Crippen LogP contribution in [0.2, 0.25) is 0 Å². The fourth-order valence-corrected chi connectivity index (χ4v) is 5.63. The summed E-state index contributed by atoms with van der Waals surface area (Å²) in [6, 6.07) is 8.21. The first-order valence-electron chi connectivity index (χ1n) is 7.31. The molecule has 1 unspecified atom stereocenters. The highest BCUT2D eigenvalue weighted by Crippen LogP contribution is 2.40. The third-order valence-corrected chi connectivity index (χ3v) is 6.93. The van der Waals surface area contributed by atoms with Crippen molar-refractivity contribution in [3.63, 3.8) is 0 Å². The molecule has 1 aliphatic rings. The van der Waals surface area contributed by atoms with Crippen molar-refractivity contribution in [3.8, 4) is 0 Å². The van der Waals surface area contributed by atoms with Gasteiger partial charge in [-0.2, -0.15) is 11.8 Å². The minimum Gasteiger partial charge on any atom is -0.468 e. The van der Waals surface area contributed by atoms with Crippen LogP contribution < -0.4 is 0 Å². The van der Waals surface area contributed by atoms with E-state index >= 15 is 0 Å². The molecule has 22 heavy (non-hydrogen) atoms. The molecular formula is C16H19NO2S3. The first-order chi connectivity index (χ1) is 10.7. The second-order valence-corrected chi connectivity index (χ2v) is 8.75. The molecule has 1 amide bonds. The van der Waals surface area contributed by atoms with E-state index in [2.05, 4.69) is 24.0 Å². The first kappa shape index (κ1) is 16.0. The van der Waals surface area contributed by atoms with Crippen LogP contribution in [0.5, 0.6) is 0 Å². The molecule has 0 N–H and O–H groups in total. The predicted octanol–water partition coefficient (Wildman–Crippen LogP) is 4.55. The van der Waals surface area contributed by atoms with Gasteiger partial charge in [-0.1, -0.05) is 0 Å². The third-order valence-electron chi connectivity index (χ3n) is 3.50. The van der Waals surface area contributed by atoms with Crippen LogP contribution in [0, 0.1) is 6.92 Å². The average Bonchev–Trinajstić information content (AvgIpc) is 3.16. The zero-order valence-electron chi connectivity index (χ0n) is 12.5. The zero-order chi connectivity index (χ0) is 15.4. The Hall–Kier alpha value is -0.850. The Morgan fingerprint density at radius 1 is 1.41 bits per heavy atom. The number of aryl methyl sites for hydroxylation is 1. The van der Waals surface area contributed by atoms with E-state index < -0.39 is 0 Å². The van der Waals surface area contributed by atoms with Crippen molar-refractivity contribution in [1.82, 2.24) is 4.90 Å². The maximum absolute atomic E-state index is 12.3. The topological polar surface area (TPSA) is 33.5 Å². The molecule has 0 spiro atoms. The highest BCUT2D eigenvalue weighted by atomic mass is 32.2. The quantitative estimate of drug-likeness (QED) is 0.714. The number of hydrogen-bond donors (Lipinski definition) is 0. The Kier molecular flexibility index (Phi) is 5.55. The summed E-state index contributed by atoms with van der Waals surface area (Å²) < 4.78 is 5.34. The normalized spacial score (nSPS) is 18.9. The van der Waals surface area contributed by atoms with Crippen molar-refractivity contribution < 1.29 is 9.21 Å². The van der Waals surface area contributed by atoms with E-state index in [0.29, 0.717) is 6.42 Å². The molecule has 3 rings (SSSR count). The fourth-order valence-electron chi connectivity index (χ4n) is 2.42. The molecule has 0 aromatic carbocycles. The van der Waals surface area contributed by atoms with Gasteiger partial charge < -0.3 is 9.32 Å². The second-order valence-electron chi connectivity index (χ2n) is 5.14. The van der Waals surface area contributed by atoms with Gasteiger partial charge in [0, 0.05) is 34.2 Å². The molecule has 0 bridgehead atoms. The van der Waals surface area contributed by atoms with Crippen LogP contribution in [0.25, 0.3) is 0 Å². The molecule has 1 aliphatic heterocycles. The Morgan fingerprint density at radius 2 is 2.32 bits per heavy atom. The van der Waals surface area contributed by atoms with Crippen LogP contribution in [0.1, 0.15) is 27.3 Å². The molecule has 0 aliphatic carbocycles. The van der Waals surface area contributed by atoms with Crippen molar-refractivity contribution in [2.75, 3.05) is 18.1 Å². The van der Waals surface area contributed by atoms with Crippen molar-refractivity contribution in [1.29, 1.82) is 0 Å². The van der Waals surface area contributed by atoms with Gasteiger partial charge in [0.15, 0.2) is 0 Å². The van der Waals surface area contributed by atoms with Crippen LogP contribution in [0.15, 0.2) is 34.9 Å². The lowest BCUT2D eigenvalue weighted by molar-refractivity contribution is -0.131. The number of thiophene rings is 1. The first-order valence-corrected chi connectivity index (χ1v) is 10.3. The Bertz CT molecular complexity index is 609. The molecule has 6 heteroatoms. The number of amides is 1. The van der Waals surface area contributed by atoms with Crippen LogP contribution in [-0.2, 0) is 10.5 Å². The highest BCUT2D eigenvalue weighted by molar-refractivity contribution is 7.99. The molecule has 2 aromatic rings. The maximum Gasteiger partial charge on any atom is 0.224 e. The molecule has 1 fully saturated rings. The van der Waals surface area contributed by atoms with E-state index in [-0.39, 0.29) is 11.3 Å². The van der Waals surface area contributed by atoms with Crippen molar-refractivity contribution >= 4 is 40.8 Å². The van der Waals surface area contributed by atoms with E-state index in [1.807, 2.05) is 35.7 Å². The number of hydrogen-bond acceptors (Lipinski definition) is 5. The van der Waals surface area contributed by atoms with Crippen LogP contribution in [0.3, 0.4) is 0 Å². The molecular weight excluding hydrogens is 334 g/mol. The lowest BCUT2D eigenvalue weighted by Crippen LogP contribution is -2.38. The van der Waals surface area contributed by atoms with E-state index in [0.717, 1.165) is 29.6 Å². The largest absolute Gasteiger partial charge is 0.468 e. The highest BCUT2D eigenvalue weighted by Gasteiger charge is 2.30. The summed E-state index contributed by atoms with van der Waals surface area (Å²) in [7, 11) is 0. The van der Waals surface area contributed by atoms with Gasteiger partial charge in [0.25, 0.3) is 0 Å². The predicted molar refractivity (Wildman–Crippen MR) is 95.5 cm³/mol. The van der Waals surface area contributed by atoms with Crippen LogP contribution in [-0.4, -0.2) is 28.9 Å². The van der Waals surface area contributed by atoms with Gasteiger partial charge in [-0.25, -0.2) is 0 Å². The van der Waals surface area contributed by atoms with Crippen molar-refractivity contribution in [3.05, 3.63) is 46.0 Å². The molecule has 3 heterocycles. The summed E-state index contributed by atoms with van der Waals surface area (Å²) >= 11 is 5.50. The summed E-state index contributed by atoms with van der Waals surface area (Å²) in [4.78, 5) is 17.0. The third kappa shape index (κ3) is 3.91. The zero-order valence-corrected chi connectivity index (χ0v) is 14.9. The summed E-state index contributed by atoms with van der Waals surface area (Å²) in [5.74, 6) is 4.01. The minimum absolute atomic E-state index is 0.198. The molecule has 0 saturated carbocycles. The van der Waals surface area contributed by atoms with Crippen LogP contribution >= 0.6 is 34.9 Å². The van der Waals surface area contributed by atoms with Gasteiger partial charge in [0.1, 0.15) is 11.1 Å². The van der Waals surface area contributed by atoms with Gasteiger partial charge in [-0.05, 0) is 31.2 Å². The maximum atomic E-state index is 12.3. The number of rotatable bonds is 6. The van der Waals surface area contributed by atoms with E-state index in [4.69, 9.17) is 4.42 Å². The summed E-state index contributed by atoms with van der Waals surface area (Å²) in [6.07, 6.45) is 2.37. The summed E-state index contributed by atoms with van der Waals surface area (Å²) in [5, 5.41) is 0.198. The minimum atomic E-state index is 0.198. The Balaban J connectivity index is 1.57. The Morgan fingerprint density at radius 3 is 3.05 bits per heavy atom. The number of nitrogens with zero attached hydrogens (tertiary/aromatic N) is 1. The summed E-state index contributed by atoms with van der Waals surface area (Å²) in [6.45, 7) is 2.92. The lowest BCUT2D eigenvalue weighted by Gasteiger charge is -2.34. The number of thioether (sulfide) groups is 2. The fraction of sp³-hybridized carbons (Fsp3) is 0.438. The molecule has 1 atom stereocenters. The van der Waals surface area contributed by atoms with E-state index in [1.165, 1.54) is 9.75 Å². The molecule has 3 nitrogen and oxygen atoms in total. The van der Waals surface area contributed by atoms with Gasteiger partial charge in [0.05, 0.1) is 12.0 Å². The molecule has 118 valence electrons. The smallest absolute Gasteiger partial charge is 0.224 e. The standard InChI is InChI=1S/C16H19NO2S3/c1-12-4-5-14(22-12)16-17(15(18)6-9-21-16)7-10-20-11-13-3-2-8-19-13/h2-5,8,16H,6-7,9-11H2,1H3. The Labute approximate surface area is 143 Å². The number of furan rings is 1. The monoisotopic (exact) mass is 353 g/mol. The molecule has 1 saturated heterocycles. The van der Waals surface area contributed by atoms with Gasteiger partial charge in [-0.15, -0.1) is 23.1 Å². The van der Waals surface area contributed by atoms with Crippen molar-refractivity contribution in [2.45, 2.75) is 24.5 Å². The van der Waals surface area contributed by atoms with Crippen LogP contribution in [0.4, 0.5) is 0 Å². The SMILES string of the molecule is Cc1ccc(C2SCCC(=O)N2CCSCc2ccco2)s1. The number of carbonyl (C=O) groups is 1. The average molecular weight is 354 g/mol. The van der Waals surface area contributed by atoms with Gasteiger partial charge in [0.2, 0.25) is 5.91 Å².